The maximum atomic E-state index is 10.6. The summed E-state index contributed by atoms with van der Waals surface area (Å²) in [6.45, 7) is 2.29. The summed E-state index contributed by atoms with van der Waals surface area (Å²) in [6.07, 6.45) is 4.22. The predicted octanol–water partition coefficient (Wildman–Crippen LogP) is 0.0941. The molecule has 4 nitrogen and oxygen atoms in total. The first-order chi connectivity index (χ1) is 6.33. The molecule has 0 saturated carbocycles. The van der Waals surface area contributed by atoms with Crippen LogP contribution in [0.15, 0.2) is 12.2 Å². The summed E-state index contributed by atoms with van der Waals surface area (Å²) in [5.41, 5.74) is 0. The van der Waals surface area contributed by atoms with E-state index < -0.39 is 0 Å². The number of hydrogen-bond acceptors (Lipinski definition) is 4. The molecular weight excluding hydrogens is 170 g/mol. The van der Waals surface area contributed by atoms with Crippen LogP contribution in [0.1, 0.15) is 6.42 Å². The highest BCUT2D eigenvalue weighted by Crippen LogP contribution is 2.02. The van der Waals surface area contributed by atoms with E-state index in [0.29, 0.717) is 12.6 Å². The zero-order valence-electron chi connectivity index (χ0n) is 7.79. The fourth-order valence-corrected chi connectivity index (χ4v) is 1.15. The number of ether oxygens (including phenoxy) is 2. The topological polar surface area (TPSA) is 47.6 Å². The van der Waals surface area contributed by atoms with Gasteiger partial charge >= 0.3 is 5.97 Å². The molecule has 0 radical (unpaired) electrons. The largest absolute Gasteiger partial charge is 0.466 e. The molecule has 0 unspecified atom stereocenters. The van der Waals surface area contributed by atoms with Crippen LogP contribution in [0, 0.1) is 0 Å². The molecule has 4 heteroatoms. The molecule has 1 fully saturated rings. The maximum Gasteiger partial charge on any atom is 0.330 e. The van der Waals surface area contributed by atoms with Crippen molar-refractivity contribution in [1.82, 2.24) is 5.32 Å². The van der Waals surface area contributed by atoms with E-state index >= 15 is 0 Å². The first kappa shape index (κ1) is 10.2. The van der Waals surface area contributed by atoms with Crippen molar-refractivity contribution in [2.45, 2.75) is 12.5 Å². The first-order valence-electron chi connectivity index (χ1n) is 4.38. The molecule has 0 aromatic heterocycles. The van der Waals surface area contributed by atoms with Gasteiger partial charge in [0.1, 0.15) is 0 Å². The summed E-state index contributed by atoms with van der Waals surface area (Å²) < 4.78 is 9.62. The summed E-state index contributed by atoms with van der Waals surface area (Å²) in [7, 11) is 1.37. The number of hydrogen-bond donors (Lipinski definition) is 1. The van der Waals surface area contributed by atoms with Crippen LogP contribution in [0.25, 0.3) is 0 Å². The highest BCUT2D eigenvalue weighted by Gasteiger charge is 2.13. The molecule has 1 aliphatic rings. The summed E-state index contributed by atoms with van der Waals surface area (Å²) in [5, 5.41) is 3.24. The lowest BCUT2D eigenvalue weighted by atomic mass is 10.2. The van der Waals surface area contributed by atoms with Gasteiger partial charge in [0.15, 0.2) is 0 Å². The van der Waals surface area contributed by atoms with Crippen molar-refractivity contribution in [2.24, 2.45) is 0 Å². The first-order valence-corrected chi connectivity index (χ1v) is 4.38. The van der Waals surface area contributed by atoms with Gasteiger partial charge < -0.3 is 14.8 Å². The van der Waals surface area contributed by atoms with Crippen LogP contribution in [0.2, 0.25) is 0 Å². The van der Waals surface area contributed by atoms with Crippen LogP contribution in [-0.4, -0.2) is 38.9 Å². The van der Waals surface area contributed by atoms with Crippen molar-refractivity contribution in [2.75, 3.05) is 26.9 Å². The van der Waals surface area contributed by atoms with E-state index in [-0.39, 0.29) is 5.97 Å². The molecule has 1 atom stereocenters. The monoisotopic (exact) mass is 185 g/mol. The van der Waals surface area contributed by atoms with Gasteiger partial charge in [-0.1, -0.05) is 6.08 Å². The average Bonchev–Trinajstić information content (AvgIpc) is 2.64. The molecule has 0 aliphatic carbocycles. The fourth-order valence-electron chi connectivity index (χ4n) is 1.15. The van der Waals surface area contributed by atoms with Gasteiger partial charge in [0.25, 0.3) is 0 Å². The molecule has 1 heterocycles. The Kier molecular flexibility index (Phi) is 4.49. The van der Waals surface area contributed by atoms with Gasteiger partial charge in [-0.15, -0.1) is 0 Å². The van der Waals surface area contributed by atoms with Crippen LogP contribution in [0.4, 0.5) is 0 Å². The van der Waals surface area contributed by atoms with E-state index in [1.54, 1.807) is 6.08 Å². The third kappa shape index (κ3) is 4.05. The molecule has 0 spiro atoms. The Hall–Kier alpha value is -0.870. The van der Waals surface area contributed by atoms with E-state index in [2.05, 4.69) is 10.1 Å². The second-order valence-corrected chi connectivity index (χ2v) is 2.89. The van der Waals surface area contributed by atoms with Crippen LogP contribution < -0.4 is 5.32 Å². The van der Waals surface area contributed by atoms with E-state index in [4.69, 9.17) is 4.74 Å². The number of esters is 1. The lowest BCUT2D eigenvalue weighted by molar-refractivity contribution is -0.134. The third-order valence-electron chi connectivity index (χ3n) is 1.91. The second-order valence-electron chi connectivity index (χ2n) is 2.89. The van der Waals surface area contributed by atoms with Crippen LogP contribution in [0.5, 0.6) is 0 Å². The van der Waals surface area contributed by atoms with Crippen molar-refractivity contribution < 1.29 is 14.3 Å². The minimum absolute atomic E-state index is 0.315. The molecule has 0 aromatic rings. The number of rotatable bonds is 4. The minimum Gasteiger partial charge on any atom is -0.466 e. The van der Waals surface area contributed by atoms with Crippen molar-refractivity contribution in [3.63, 3.8) is 0 Å². The van der Waals surface area contributed by atoms with Gasteiger partial charge in [0.2, 0.25) is 0 Å². The van der Waals surface area contributed by atoms with Gasteiger partial charge in [-0.05, 0) is 6.42 Å². The number of carbonyl (C=O) groups is 1. The molecule has 0 aromatic carbocycles. The number of carbonyl (C=O) groups excluding carboxylic acids is 1. The SMILES string of the molecule is COC(=O)C=CCN[C@H]1CCOC1. The van der Waals surface area contributed by atoms with Crippen molar-refractivity contribution in [3.8, 4) is 0 Å². The summed E-state index contributed by atoms with van der Waals surface area (Å²) >= 11 is 0. The smallest absolute Gasteiger partial charge is 0.330 e. The van der Waals surface area contributed by atoms with Gasteiger partial charge in [0.05, 0.1) is 13.7 Å². The summed E-state index contributed by atoms with van der Waals surface area (Å²) in [6, 6.07) is 0.433. The zero-order chi connectivity index (χ0) is 9.52. The second kappa shape index (κ2) is 5.72. The Bertz CT molecular complexity index is 185. The predicted molar refractivity (Wildman–Crippen MR) is 48.4 cm³/mol. The molecule has 74 valence electrons. The van der Waals surface area contributed by atoms with E-state index in [0.717, 1.165) is 19.6 Å². The Morgan fingerprint density at radius 1 is 1.77 bits per heavy atom. The molecule has 0 amide bonds. The van der Waals surface area contributed by atoms with Gasteiger partial charge in [-0.3, -0.25) is 0 Å². The van der Waals surface area contributed by atoms with Crippen LogP contribution >= 0.6 is 0 Å². The normalized spacial score (nSPS) is 22.4. The molecule has 1 saturated heterocycles. The molecule has 1 rings (SSSR count). The zero-order valence-corrected chi connectivity index (χ0v) is 7.79. The van der Waals surface area contributed by atoms with Gasteiger partial charge in [0, 0.05) is 25.3 Å². The average molecular weight is 185 g/mol. The highest BCUT2D eigenvalue weighted by atomic mass is 16.5. The van der Waals surface area contributed by atoms with E-state index in [9.17, 15) is 4.79 Å². The van der Waals surface area contributed by atoms with Gasteiger partial charge in [-0.25, -0.2) is 4.79 Å². The standard InChI is InChI=1S/C9H15NO3/c1-12-9(11)3-2-5-10-8-4-6-13-7-8/h2-3,8,10H,4-7H2,1H3/t8-/m0/s1. The third-order valence-corrected chi connectivity index (χ3v) is 1.91. The Balaban J connectivity index is 2.05. The summed E-state index contributed by atoms with van der Waals surface area (Å²) in [4.78, 5) is 10.6. The number of methoxy groups -OCH3 is 1. The molecule has 13 heavy (non-hydrogen) atoms. The fraction of sp³-hybridized carbons (Fsp3) is 0.667. The highest BCUT2D eigenvalue weighted by molar-refractivity contribution is 5.81. The number of nitrogens with one attached hydrogen (secondary N) is 1. The Morgan fingerprint density at radius 2 is 2.62 bits per heavy atom. The minimum atomic E-state index is -0.315. The van der Waals surface area contributed by atoms with E-state index in [1.165, 1.54) is 13.2 Å². The Labute approximate surface area is 77.9 Å². The lowest BCUT2D eigenvalue weighted by Gasteiger charge is -2.06. The summed E-state index contributed by atoms with van der Waals surface area (Å²) in [5.74, 6) is -0.315. The molecule has 1 N–H and O–H groups in total. The van der Waals surface area contributed by atoms with Crippen LogP contribution in [-0.2, 0) is 14.3 Å². The van der Waals surface area contributed by atoms with E-state index in [1.807, 2.05) is 0 Å². The molecular formula is C9H15NO3. The molecule has 0 bridgehead atoms. The quantitative estimate of drug-likeness (QED) is 0.498. The molecule has 1 aliphatic heterocycles. The Morgan fingerprint density at radius 3 is 3.23 bits per heavy atom. The van der Waals surface area contributed by atoms with Gasteiger partial charge in [-0.2, -0.15) is 0 Å². The maximum absolute atomic E-state index is 10.6. The lowest BCUT2D eigenvalue weighted by Crippen LogP contribution is -2.29. The van der Waals surface area contributed by atoms with Crippen molar-refractivity contribution in [3.05, 3.63) is 12.2 Å². The van der Waals surface area contributed by atoms with Crippen molar-refractivity contribution in [1.29, 1.82) is 0 Å². The van der Waals surface area contributed by atoms with Crippen LogP contribution in [0.3, 0.4) is 0 Å². The van der Waals surface area contributed by atoms with Crippen molar-refractivity contribution >= 4 is 5.97 Å².